The summed E-state index contributed by atoms with van der Waals surface area (Å²) in [6.45, 7) is 12.5. The standard InChI is InChI=1S/C30H44N4O3/c1-5-34-28(37)33(20-21-11-12-21)27(36)30(34)13-15-32(16-14-30)26(25(35)17-29(2,3)4)24-19-31-18-23(24)22-9-7-6-8-10-22/h6-10,21,23-24,26,31H,5,11-20H2,1-4H3/t23-,24?,26+/m1/s1. The lowest BCUT2D eigenvalue weighted by Crippen LogP contribution is -2.60. The molecule has 4 fully saturated rings. The van der Waals surface area contributed by atoms with Gasteiger partial charge in [-0.3, -0.25) is 19.4 Å². The normalized spacial score (nSPS) is 27.4. The van der Waals surface area contributed by atoms with E-state index in [1.165, 1.54) is 10.5 Å². The number of Topliss-reactive ketones (excluding diaryl/α,β-unsaturated/α-hetero) is 1. The number of rotatable bonds is 8. The topological polar surface area (TPSA) is 73.0 Å². The number of likely N-dealkylation sites (N-methyl/N-ethyl adjacent to an activating group) is 1. The van der Waals surface area contributed by atoms with Gasteiger partial charge in [0, 0.05) is 57.5 Å². The molecule has 5 rings (SSSR count). The number of ketones is 1. The second kappa shape index (κ2) is 10.1. The molecule has 1 aromatic rings. The van der Waals surface area contributed by atoms with E-state index in [4.69, 9.17) is 0 Å². The Hall–Kier alpha value is -2.25. The van der Waals surface area contributed by atoms with Crippen molar-refractivity contribution in [1.82, 2.24) is 20.0 Å². The van der Waals surface area contributed by atoms with Gasteiger partial charge < -0.3 is 10.2 Å². The van der Waals surface area contributed by atoms with Crippen LogP contribution in [0, 0.1) is 17.3 Å². The molecular weight excluding hydrogens is 464 g/mol. The summed E-state index contributed by atoms with van der Waals surface area (Å²) in [6.07, 6.45) is 3.95. The minimum Gasteiger partial charge on any atom is -0.316 e. The Morgan fingerprint density at radius 3 is 2.35 bits per heavy atom. The number of nitrogens with zero attached hydrogens (tertiary/aromatic N) is 3. The number of carbonyl (C=O) groups excluding carboxylic acids is 3. The Bertz CT molecular complexity index is 1010. The smallest absolute Gasteiger partial charge is 0.316 e. The van der Waals surface area contributed by atoms with Gasteiger partial charge in [-0.1, -0.05) is 51.1 Å². The predicted molar refractivity (Wildman–Crippen MR) is 144 cm³/mol. The van der Waals surface area contributed by atoms with Gasteiger partial charge in [0.05, 0.1) is 6.04 Å². The molecule has 0 aromatic heterocycles. The van der Waals surface area contributed by atoms with Gasteiger partial charge in [-0.2, -0.15) is 0 Å². The summed E-state index contributed by atoms with van der Waals surface area (Å²) in [7, 11) is 0. The van der Waals surface area contributed by atoms with Crippen LogP contribution in [-0.2, 0) is 9.59 Å². The van der Waals surface area contributed by atoms with E-state index in [0.717, 1.165) is 25.9 Å². The fraction of sp³-hybridized carbons (Fsp3) is 0.700. The summed E-state index contributed by atoms with van der Waals surface area (Å²) in [4.78, 5) is 46.6. The van der Waals surface area contributed by atoms with Crippen LogP contribution in [0.3, 0.4) is 0 Å². The molecule has 4 aliphatic rings. The number of imide groups is 1. The number of likely N-dealkylation sites (tertiary alicyclic amines) is 1. The van der Waals surface area contributed by atoms with Crippen molar-refractivity contribution >= 4 is 17.7 Å². The van der Waals surface area contributed by atoms with Gasteiger partial charge in [0.15, 0.2) is 5.78 Å². The molecule has 3 saturated heterocycles. The lowest BCUT2D eigenvalue weighted by atomic mass is 9.76. The maximum Gasteiger partial charge on any atom is 0.327 e. The van der Waals surface area contributed by atoms with Crippen LogP contribution in [0.2, 0.25) is 0 Å². The SMILES string of the molecule is CCN1C(=O)N(CC2CC2)C(=O)C12CCN([C@H](C(=O)CC(C)(C)C)C1CNC[C@@H]1c1ccccc1)CC2. The number of carbonyl (C=O) groups is 3. The maximum atomic E-state index is 13.9. The Morgan fingerprint density at radius 1 is 1.08 bits per heavy atom. The highest BCUT2D eigenvalue weighted by atomic mass is 16.2. The summed E-state index contributed by atoms with van der Waals surface area (Å²) < 4.78 is 0. The Labute approximate surface area is 221 Å². The van der Waals surface area contributed by atoms with E-state index in [2.05, 4.69) is 55.3 Å². The molecule has 37 heavy (non-hydrogen) atoms. The number of hydrogen-bond donors (Lipinski definition) is 1. The van der Waals surface area contributed by atoms with Crippen LogP contribution < -0.4 is 5.32 Å². The van der Waals surface area contributed by atoms with Crippen molar-refractivity contribution in [1.29, 1.82) is 0 Å². The van der Waals surface area contributed by atoms with Crippen LogP contribution >= 0.6 is 0 Å². The van der Waals surface area contributed by atoms with Crippen molar-refractivity contribution in [2.75, 3.05) is 39.3 Å². The fourth-order valence-corrected chi connectivity index (χ4v) is 7.03. The first-order valence-corrected chi connectivity index (χ1v) is 14.3. The van der Waals surface area contributed by atoms with E-state index >= 15 is 0 Å². The van der Waals surface area contributed by atoms with Crippen molar-refractivity contribution in [3.63, 3.8) is 0 Å². The summed E-state index contributed by atoms with van der Waals surface area (Å²) in [5.41, 5.74) is 0.447. The van der Waals surface area contributed by atoms with Crippen LogP contribution in [-0.4, -0.2) is 83.3 Å². The van der Waals surface area contributed by atoms with E-state index < -0.39 is 5.54 Å². The molecule has 1 unspecified atom stereocenters. The molecule has 1 aromatic carbocycles. The molecule has 0 radical (unpaired) electrons. The maximum absolute atomic E-state index is 13.9. The number of hydrogen-bond acceptors (Lipinski definition) is 5. The van der Waals surface area contributed by atoms with Gasteiger partial charge in [-0.25, -0.2) is 4.79 Å². The Morgan fingerprint density at radius 2 is 1.76 bits per heavy atom. The van der Waals surface area contributed by atoms with E-state index in [-0.39, 0.29) is 35.2 Å². The van der Waals surface area contributed by atoms with Crippen LogP contribution in [0.15, 0.2) is 30.3 Å². The Kier molecular flexibility index (Phi) is 7.22. The highest BCUT2D eigenvalue weighted by molar-refractivity contribution is 6.07. The van der Waals surface area contributed by atoms with E-state index in [1.807, 2.05) is 17.9 Å². The van der Waals surface area contributed by atoms with Crippen LogP contribution in [0.1, 0.15) is 71.3 Å². The zero-order chi connectivity index (χ0) is 26.4. The highest BCUT2D eigenvalue weighted by Gasteiger charge is 2.58. The van der Waals surface area contributed by atoms with Crippen molar-refractivity contribution in [3.05, 3.63) is 35.9 Å². The third kappa shape index (κ3) is 5.09. The first-order valence-electron chi connectivity index (χ1n) is 14.3. The first kappa shape index (κ1) is 26.4. The van der Waals surface area contributed by atoms with Crippen molar-refractivity contribution < 1.29 is 14.4 Å². The molecule has 7 heteroatoms. The van der Waals surface area contributed by atoms with Gasteiger partial charge in [0.2, 0.25) is 0 Å². The molecule has 1 saturated carbocycles. The van der Waals surface area contributed by atoms with Crippen molar-refractivity contribution in [2.24, 2.45) is 17.3 Å². The van der Waals surface area contributed by atoms with Gasteiger partial charge in [0.25, 0.3) is 5.91 Å². The molecular formula is C30H44N4O3. The zero-order valence-corrected chi connectivity index (χ0v) is 23.0. The van der Waals surface area contributed by atoms with Gasteiger partial charge >= 0.3 is 6.03 Å². The van der Waals surface area contributed by atoms with Crippen molar-refractivity contribution in [2.45, 2.75) is 77.3 Å². The summed E-state index contributed by atoms with van der Waals surface area (Å²) in [5, 5.41) is 3.57. The van der Waals surface area contributed by atoms with E-state index in [0.29, 0.717) is 57.1 Å². The summed E-state index contributed by atoms with van der Waals surface area (Å²) in [5.74, 6) is 1.23. The monoisotopic (exact) mass is 508 g/mol. The quantitative estimate of drug-likeness (QED) is 0.540. The fourth-order valence-electron chi connectivity index (χ4n) is 7.03. The molecule has 0 bridgehead atoms. The zero-order valence-electron chi connectivity index (χ0n) is 23.0. The number of amides is 3. The molecule has 3 heterocycles. The predicted octanol–water partition coefficient (Wildman–Crippen LogP) is 3.89. The first-order chi connectivity index (χ1) is 17.6. The molecule has 1 spiro atoms. The summed E-state index contributed by atoms with van der Waals surface area (Å²) >= 11 is 0. The van der Waals surface area contributed by atoms with Gasteiger partial charge in [-0.05, 0) is 49.5 Å². The minimum absolute atomic E-state index is 0.00633. The largest absolute Gasteiger partial charge is 0.327 e. The van der Waals surface area contributed by atoms with Gasteiger partial charge in [0.1, 0.15) is 5.54 Å². The number of benzene rings is 1. The van der Waals surface area contributed by atoms with E-state index in [9.17, 15) is 14.4 Å². The van der Waals surface area contributed by atoms with Crippen molar-refractivity contribution in [3.8, 4) is 0 Å². The van der Waals surface area contributed by atoms with Crippen LogP contribution in [0.25, 0.3) is 0 Å². The number of piperidine rings is 1. The van der Waals surface area contributed by atoms with Crippen LogP contribution in [0.4, 0.5) is 4.79 Å². The molecule has 3 atom stereocenters. The highest BCUT2D eigenvalue weighted by Crippen LogP contribution is 2.42. The number of nitrogens with one attached hydrogen (secondary N) is 1. The number of urea groups is 1. The second-order valence-corrected chi connectivity index (χ2v) is 12.9. The minimum atomic E-state index is -0.748. The Balaban J connectivity index is 1.38. The molecule has 1 N–H and O–H groups in total. The van der Waals surface area contributed by atoms with Crippen LogP contribution in [0.5, 0.6) is 0 Å². The lowest BCUT2D eigenvalue weighted by molar-refractivity contribution is -0.137. The average Bonchev–Trinajstić information content (AvgIpc) is 3.52. The third-order valence-corrected chi connectivity index (χ3v) is 9.02. The molecule has 7 nitrogen and oxygen atoms in total. The molecule has 3 aliphatic heterocycles. The third-order valence-electron chi connectivity index (χ3n) is 9.02. The van der Waals surface area contributed by atoms with E-state index in [1.54, 1.807) is 0 Å². The molecule has 202 valence electrons. The lowest BCUT2D eigenvalue weighted by Gasteiger charge is -2.46. The summed E-state index contributed by atoms with van der Waals surface area (Å²) in [6, 6.07) is 10.3. The molecule has 3 amide bonds. The average molecular weight is 509 g/mol. The van der Waals surface area contributed by atoms with Gasteiger partial charge in [-0.15, -0.1) is 0 Å². The molecule has 1 aliphatic carbocycles. The second-order valence-electron chi connectivity index (χ2n) is 12.9.